The maximum Gasteiger partial charge on any atom is 0.398 e. The van der Waals surface area contributed by atoms with Crippen molar-refractivity contribution in [2.24, 2.45) is 0 Å². The molecule has 1 amide bonds. The molecule has 3 aromatic carbocycles. The lowest BCUT2D eigenvalue weighted by atomic mass is 10.1. The van der Waals surface area contributed by atoms with Crippen LogP contribution in [0.5, 0.6) is 0 Å². The Bertz CT molecular complexity index is 1170. The Morgan fingerprint density at radius 3 is 2.39 bits per heavy atom. The van der Waals surface area contributed by atoms with E-state index in [1.54, 1.807) is 4.90 Å². The molecule has 0 bridgehead atoms. The number of oxazole rings is 1. The van der Waals surface area contributed by atoms with Crippen molar-refractivity contribution in [3.05, 3.63) is 79.2 Å². The van der Waals surface area contributed by atoms with Crippen LogP contribution in [0.3, 0.4) is 0 Å². The lowest BCUT2D eigenvalue weighted by molar-refractivity contribution is -0.675. The summed E-state index contributed by atoms with van der Waals surface area (Å²) in [5.41, 5.74) is 3.09. The van der Waals surface area contributed by atoms with Gasteiger partial charge >= 0.3 is 5.89 Å². The SMILES string of the molecule is C=C(c1oc2c3ccccc3ccc2[n+]1CC)N(C(C)=O)c1ccccc1.[I-]. The minimum Gasteiger partial charge on any atom is -1.00 e. The number of aryl methyl sites for hydroxylation is 1. The summed E-state index contributed by atoms with van der Waals surface area (Å²) in [5.74, 6) is 0.474. The van der Waals surface area contributed by atoms with Crippen LogP contribution in [0.1, 0.15) is 19.7 Å². The van der Waals surface area contributed by atoms with Gasteiger partial charge in [0, 0.05) is 24.1 Å². The number of anilines is 1. The van der Waals surface area contributed by atoms with Crippen molar-refractivity contribution in [3.8, 4) is 0 Å². The van der Waals surface area contributed by atoms with Crippen LogP contribution in [0.25, 0.3) is 27.6 Å². The van der Waals surface area contributed by atoms with Crippen LogP contribution in [0.15, 0.2) is 77.7 Å². The summed E-state index contributed by atoms with van der Waals surface area (Å²) in [6.07, 6.45) is 0. The van der Waals surface area contributed by atoms with E-state index in [9.17, 15) is 4.79 Å². The quantitative estimate of drug-likeness (QED) is 0.328. The number of hydrogen-bond donors (Lipinski definition) is 0. The molecule has 0 aliphatic rings. The number of amides is 1. The molecule has 0 aliphatic carbocycles. The van der Waals surface area contributed by atoms with Crippen LogP contribution in [-0.2, 0) is 11.3 Å². The molecule has 0 saturated carbocycles. The van der Waals surface area contributed by atoms with Crippen molar-refractivity contribution in [2.75, 3.05) is 4.90 Å². The van der Waals surface area contributed by atoms with Crippen LogP contribution in [-0.4, -0.2) is 5.91 Å². The molecule has 0 spiro atoms. The van der Waals surface area contributed by atoms with Gasteiger partial charge in [-0.15, -0.1) is 0 Å². The summed E-state index contributed by atoms with van der Waals surface area (Å²) in [4.78, 5) is 14.0. The number of aromatic nitrogens is 1. The smallest absolute Gasteiger partial charge is 0.398 e. The number of carbonyl (C=O) groups is 1. The van der Waals surface area contributed by atoms with Gasteiger partial charge in [0.15, 0.2) is 5.70 Å². The predicted octanol–water partition coefficient (Wildman–Crippen LogP) is 1.92. The second-order valence-corrected chi connectivity index (χ2v) is 6.42. The molecule has 4 aromatic rings. The van der Waals surface area contributed by atoms with Gasteiger partial charge < -0.3 is 28.4 Å². The van der Waals surface area contributed by atoms with Gasteiger partial charge in [-0.3, -0.25) is 9.69 Å². The summed E-state index contributed by atoms with van der Waals surface area (Å²) < 4.78 is 8.35. The van der Waals surface area contributed by atoms with E-state index in [-0.39, 0.29) is 29.9 Å². The fraction of sp³-hybridized carbons (Fsp3) is 0.130. The molecule has 1 heterocycles. The van der Waals surface area contributed by atoms with E-state index in [1.807, 2.05) is 48.5 Å². The summed E-state index contributed by atoms with van der Waals surface area (Å²) in [6.45, 7) is 8.50. The Morgan fingerprint density at radius 2 is 1.71 bits per heavy atom. The van der Waals surface area contributed by atoms with E-state index >= 15 is 0 Å². The van der Waals surface area contributed by atoms with Gasteiger partial charge in [0.1, 0.15) is 6.54 Å². The minimum atomic E-state index is -0.112. The Kier molecular flexibility index (Phi) is 5.84. The number of carbonyl (C=O) groups excluding carboxylic acids is 1. The molecule has 5 heteroatoms. The third-order valence-electron chi connectivity index (χ3n) is 4.76. The first kappa shape index (κ1) is 20.1. The Hall–Kier alpha value is -2.67. The van der Waals surface area contributed by atoms with Crippen molar-refractivity contribution in [2.45, 2.75) is 20.4 Å². The Labute approximate surface area is 181 Å². The van der Waals surface area contributed by atoms with Crippen molar-refractivity contribution < 1.29 is 37.8 Å². The predicted molar refractivity (Wildman–Crippen MR) is 108 cm³/mol. The van der Waals surface area contributed by atoms with E-state index in [1.165, 1.54) is 6.92 Å². The second-order valence-electron chi connectivity index (χ2n) is 6.42. The normalized spacial score (nSPS) is 10.6. The zero-order valence-corrected chi connectivity index (χ0v) is 18.0. The summed E-state index contributed by atoms with van der Waals surface area (Å²) >= 11 is 0. The highest BCUT2D eigenvalue weighted by molar-refractivity contribution is 6.05. The van der Waals surface area contributed by atoms with Crippen molar-refractivity contribution in [1.29, 1.82) is 0 Å². The molecule has 0 unspecified atom stereocenters. The third-order valence-corrected chi connectivity index (χ3v) is 4.76. The van der Waals surface area contributed by atoms with E-state index in [0.717, 1.165) is 27.6 Å². The minimum absolute atomic E-state index is 0. The Balaban J connectivity index is 0.00000225. The molecule has 0 radical (unpaired) electrons. The zero-order chi connectivity index (χ0) is 19.0. The molecule has 4 nitrogen and oxygen atoms in total. The van der Waals surface area contributed by atoms with Crippen molar-refractivity contribution in [3.63, 3.8) is 0 Å². The van der Waals surface area contributed by atoms with Gasteiger partial charge in [-0.1, -0.05) is 49.0 Å². The summed E-state index contributed by atoms with van der Waals surface area (Å²) in [7, 11) is 0. The number of nitrogens with zero attached hydrogens (tertiary/aromatic N) is 2. The third kappa shape index (κ3) is 3.30. The zero-order valence-electron chi connectivity index (χ0n) is 15.9. The van der Waals surface area contributed by atoms with Gasteiger partial charge in [0.05, 0.1) is 0 Å². The monoisotopic (exact) mass is 484 g/mol. The lowest BCUT2D eigenvalue weighted by Crippen LogP contribution is -3.00. The standard InChI is InChI=1S/C23H21N2O2.HI/c1-4-24-21-15-14-18-10-8-9-13-20(18)22(21)27-23(24)16(2)25(17(3)26)19-11-6-5-7-12-19;/h5-15H,2,4H2,1,3H3;1H/q+1;/p-1. The van der Waals surface area contributed by atoms with Crippen LogP contribution >= 0.6 is 0 Å². The van der Waals surface area contributed by atoms with E-state index < -0.39 is 0 Å². The van der Waals surface area contributed by atoms with E-state index in [4.69, 9.17) is 4.42 Å². The van der Waals surface area contributed by atoms with Crippen LogP contribution in [0.4, 0.5) is 5.69 Å². The average Bonchev–Trinajstić information content (AvgIpc) is 3.07. The fourth-order valence-corrected chi connectivity index (χ4v) is 3.54. The summed E-state index contributed by atoms with van der Waals surface area (Å²) in [6, 6.07) is 21.8. The largest absolute Gasteiger partial charge is 1.00 e. The van der Waals surface area contributed by atoms with Gasteiger partial charge in [-0.25, -0.2) is 0 Å². The molecular formula is C23H21IN2O2. The van der Waals surface area contributed by atoms with Gasteiger partial charge in [-0.05, 0) is 30.5 Å². The van der Waals surface area contributed by atoms with Crippen LogP contribution < -0.4 is 33.4 Å². The number of halogens is 1. The van der Waals surface area contributed by atoms with E-state index in [0.29, 0.717) is 18.1 Å². The number of hydrogen-bond acceptors (Lipinski definition) is 2. The number of para-hydroxylation sites is 1. The highest BCUT2D eigenvalue weighted by Gasteiger charge is 2.30. The maximum absolute atomic E-state index is 12.4. The molecule has 0 atom stereocenters. The highest BCUT2D eigenvalue weighted by Crippen LogP contribution is 2.30. The highest BCUT2D eigenvalue weighted by atomic mass is 127. The number of fused-ring (bicyclic) bond motifs is 3. The molecule has 0 saturated heterocycles. The van der Waals surface area contributed by atoms with Gasteiger partial charge in [0.25, 0.3) is 5.52 Å². The lowest BCUT2D eigenvalue weighted by Gasteiger charge is -2.20. The molecule has 4 rings (SSSR count). The van der Waals surface area contributed by atoms with Gasteiger partial charge in [0.2, 0.25) is 11.5 Å². The first-order chi connectivity index (χ1) is 13.1. The van der Waals surface area contributed by atoms with Crippen LogP contribution in [0, 0.1) is 0 Å². The van der Waals surface area contributed by atoms with Crippen molar-refractivity contribution >= 4 is 39.2 Å². The Morgan fingerprint density at radius 1 is 1.04 bits per heavy atom. The first-order valence-electron chi connectivity index (χ1n) is 9.01. The first-order valence-corrected chi connectivity index (χ1v) is 9.01. The van der Waals surface area contributed by atoms with Crippen molar-refractivity contribution in [1.82, 2.24) is 0 Å². The second kappa shape index (κ2) is 8.14. The molecule has 0 aliphatic heterocycles. The molecule has 0 fully saturated rings. The molecule has 28 heavy (non-hydrogen) atoms. The fourth-order valence-electron chi connectivity index (χ4n) is 3.54. The topological polar surface area (TPSA) is 37.3 Å². The molecule has 0 N–H and O–H groups in total. The van der Waals surface area contributed by atoms with Gasteiger partial charge in [-0.2, -0.15) is 4.57 Å². The molecule has 1 aromatic heterocycles. The maximum atomic E-state index is 12.4. The molecule has 142 valence electrons. The summed E-state index contributed by atoms with van der Waals surface area (Å²) in [5, 5.41) is 2.16. The number of benzene rings is 3. The molecular weight excluding hydrogens is 463 g/mol. The van der Waals surface area contributed by atoms with Crippen LogP contribution in [0.2, 0.25) is 0 Å². The average molecular weight is 484 g/mol. The number of rotatable bonds is 4. The van der Waals surface area contributed by atoms with E-state index in [2.05, 4.69) is 36.3 Å².